The average molecular weight is 333 g/mol. The molecule has 23 heavy (non-hydrogen) atoms. The van der Waals surface area contributed by atoms with Crippen LogP contribution in [0.25, 0.3) is 0 Å². The molecule has 0 spiro atoms. The topological polar surface area (TPSA) is 26.0 Å². The Kier molecular flexibility index (Phi) is 4.32. The van der Waals surface area contributed by atoms with E-state index in [1.54, 1.807) is 0 Å². The van der Waals surface area contributed by atoms with Crippen LogP contribution in [0.3, 0.4) is 0 Å². The molecule has 0 aromatic heterocycles. The summed E-state index contributed by atoms with van der Waals surface area (Å²) < 4.78 is 77.1. The molecule has 0 saturated carbocycles. The van der Waals surface area contributed by atoms with E-state index in [2.05, 4.69) is 0 Å². The van der Waals surface area contributed by atoms with E-state index in [0.717, 1.165) is 18.2 Å². The summed E-state index contributed by atoms with van der Waals surface area (Å²) in [5.74, 6) is 0. The van der Waals surface area contributed by atoms with E-state index >= 15 is 0 Å². The standard InChI is InChI=1S/C16H13F6N/c1-9-2-3-10(7-12(9)15(17,18)19)6-11-4-5-14(23)13(8-11)16(20,21)22/h2-5,7-8H,6,23H2,1H3. The van der Waals surface area contributed by atoms with E-state index in [0.29, 0.717) is 0 Å². The summed E-state index contributed by atoms with van der Waals surface area (Å²) in [7, 11) is 0. The molecule has 0 aliphatic carbocycles. The normalized spacial score (nSPS) is 12.5. The lowest BCUT2D eigenvalue weighted by Gasteiger charge is -2.14. The first-order valence-corrected chi connectivity index (χ1v) is 6.61. The number of anilines is 1. The fourth-order valence-electron chi connectivity index (χ4n) is 2.28. The largest absolute Gasteiger partial charge is 0.418 e. The van der Waals surface area contributed by atoms with Crippen LogP contribution in [0.15, 0.2) is 36.4 Å². The van der Waals surface area contributed by atoms with Crippen LogP contribution in [-0.2, 0) is 18.8 Å². The van der Waals surface area contributed by atoms with Crippen molar-refractivity contribution in [2.24, 2.45) is 0 Å². The molecule has 1 nitrogen and oxygen atoms in total. The smallest absolute Gasteiger partial charge is 0.398 e. The minimum atomic E-state index is -4.61. The van der Waals surface area contributed by atoms with E-state index in [9.17, 15) is 26.3 Å². The van der Waals surface area contributed by atoms with Gasteiger partial charge in [-0.1, -0.05) is 18.2 Å². The van der Waals surface area contributed by atoms with E-state index in [-0.39, 0.29) is 23.1 Å². The lowest BCUT2D eigenvalue weighted by Crippen LogP contribution is -2.10. The van der Waals surface area contributed by atoms with Gasteiger partial charge in [-0.25, -0.2) is 0 Å². The van der Waals surface area contributed by atoms with Crippen molar-refractivity contribution in [1.29, 1.82) is 0 Å². The Hall–Kier alpha value is -2.18. The molecule has 0 fully saturated rings. The van der Waals surface area contributed by atoms with Crippen LogP contribution in [0.4, 0.5) is 32.0 Å². The molecular weight excluding hydrogens is 320 g/mol. The summed E-state index contributed by atoms with van der Waals surface area (Å²) in [5, 5.41) is 0. The Morgan fingerprint density at radius 2 is 1.26 bits per heavy atom. The first-order valence-electron chi connectivity index (χ1n) is 6.61. The number of nitrogen functional groups attached to an aromatic ring is 1. The van der Waals surface area contributed by atoms with E-state index in [1.807, 2.05) is 0 Å². The number of aryl methyl sites for hydroxylation is 1. The zero-order valence-corrected chi connectivity index (χ0v) is 12.0. The highest BCUT2D eigenvalue weighted by Gasteiger charge is 2.34. The van der Waals surface area contributed by atoms with Gasteiger partial charge >= 0.3 is 12.4 Å². The van der Waals surface area contributed by atoms with Gasteiger partial charge in [-0.15, -0.1) is 0 Å². The molecule has 2 rings (SSSR count). The molecule has 2 aromatic rings. The quantitative estimate of drug-likeness (QED) is 0.593. The van der Waals surface area contributed by atoms with Crippen molar-refractivity contribution in [3.8, 4) is 0 Å². The Morgan fingerprint density at radius 3 is 1.78 bits per heavy atom. The van der Waals surface area contributed by atoms with Crippen molar-refractivity contribution in [2.45, 2.75) is 25.7 Å². The highest BCUT2D eigenvalue weighted by molar-refractivity contribution is 5.51. The molecule has 0 aliphatic heterocycles. The summed E-state index contributed by atoms with van der Waals surface area (Å²) in [5.41, 5.74) is 3.69. The molecule has 124 valence electrons. The third kappa shape index (κ3) is 3.97. The second kappa shape index (κ2) is 5.79. The van der Waals surface area contributed by atoms with Gasteiger partial charge < -0.3 is 5.73 Å². The highest BCUT2D eigenvalue weighted by Crippen LogP contribution is 2.35. The van der Waals surface area contributed by atoms with E-state index < -0.39 is 29.2 Å². The Morgan fingerprint density at radius 1 is 0.783 bits per heavy atom. The lowest BCUT2D eigenvalue weighted by molar-refractivity contribution is -0.138. The number of nitrogens with two attached hydrogens (primary N) is 1. The Balaban J connectivity index is 2.37. The third-order valence-corrected chi connectivity index (χ3v) is 3.44. The average Bonchev–Trinajstić information content (AvgIpc) is 2.40. The second-order valence-electron chi connectivity index (χ2n) is 5.24. The van der Waals surface area contributed by atoms with Crippen molar-refractivity contribution < 1.29 is 26.3 Å². The first-order chi connectivity index (χ1) is 10.5. The minimum absolute atomic E-state index is 0.0489. The second-order valence-corrected chi connectivity index (χ2v) is 5.24. The van der Waals surface area contributed by atoms with Crippen molar-refractivity contribution in [2.75, 3.05) is 5.73 Å². The predicted octanol–water partition coefficient (Wildman–Crippen LogP) is 5.21. The van der Waals surface area contributed by atoms with Crippen LogP contribution in [0, 0.1) is 6.92 Å². The molecule has 0 saturated heterocycles. The zero-order chi connectivity index (χ0) is 17.4. The molecule has 2 N–H and O–H groups in total. The van der Waals surface area contributed by atoms with Gasteiger partial charge in [0.15, 0.2) is 0 Å². The molecule has 0 aliphatic rings. The van der Waals surface area contributed by atoms with Gasteiger partial charge in [0.05, 0.1) is 11.1 Å². The predicted molar refractivity (Wildman–Crippen MR) is 74.8 cm³/mol. The van der Waals surface area contributed by atoms with Crippen LogP contribution in [-0.4, -0.2) is 0 Å². The van der Waals surface area contributed by atoms with Gasteiger partial charge in [-0.05, 0) is 48.2 Å². The van der Waals surface area contributed by atoms with Crippen molar-refractivity contribution >= 4 is 5.69 Å². The molecule has 7 heteroatoms. The third-order valence-electron chi connectivity index (χ3n) is 3.44. The lowest BCUT2D eigenvalue weighted by atomic mass is 9.98. The molecule has 2 aromatic carbocycles. The van der Waals surface area contributed by atoms with Gasteiger partial charge in [-0.2, -0.15) is 26.3 Å². The first kappa shape index (κ1) is 17.2. The maximum atomic E-state index is 12.9. The molecular formula is C16H13F6N. The number of alkyl halides is 6. The monoisotopic (exact) mass is 333 g/mol. The number of halogens is 6. The molecule has 0 bridgehead atoms. The maximum Gasteiger partial charge on any atom is 0.418 e. The fourth-order valence-corrected chi connectivity index (χ4v) is 2.28. The summed E-state index contributed by atoms with van der Waals surface area (Å²) in [6, 6.07) is 7.07. The van der Waals surface area contributed by atoms with Crippen LogP contribution in [0.2, 0.25) is 0 Å². The van der Waals surface area contributed by atoms with Crippen LogP contribution >= 0.6 is 0 Å². The van der Waals surface area contributed by atoms with Gasteiger partial charge in [0.2, 0.25) is 0 Å². The molecule has 0 atom stereocenters. The number of rotatable bonds is 2. The summed E-state index contributed by atoms with van der Waals surface area (Å²) in [6.45, 7) is 1.33. The Bertz CT molecular complexity index is 654. The number of hydrogen-bond donors (Lipinski definition) is 1. The van der Waals surface area contributed by atoms with E-state index in [1.165, 1.54) is 25.1 Å². The minimum Gasteiger partial charge on any atom is -0.398 e. The SMILES string of the molecule is Cc1ccc(Cc2ccc(N)c(C(F)(F)F)c2)cc1C(F)(F)F. The summed E-state index contributed by atoms with van der Waals surface area (Å²) in [6.07, 6.45) is -9.16. The van der Waals surface area contributed by atoms with Crippen LogP contribution in [0.5, 0.6) is 0 Å². The Labute approximate surface area is 128 Å². The van der Waals surface area contributed by atoms with Crippen molar-refractivity contribution in [3.63, 3.8) is 0 Å². The van der Waals surface area contributed by atoms with E-state index in [4.69, 9.17) is 5.73 Å². The van der Waals surface area contributed by atoms with Gasteiger partial charge in [0.25, 0.3) is 0 Å². The molecule has 0 unspecified atom stereocenters. The molecule has 0 amide bonds. The number of hydrogen-bond acceptors (Lipinski definition) is 1. The van der Waals surface area contributed by atoms with Gasteiger partial charge in [0.1, 0.15) is 0 Å². The highest BCUT2D eigenvalue weighted by atomic mass is 19.4. The van der Waals surface area contributed by atoms with Crippen molar-refractivity contribution in [3.05, 3.63) is 64.2 Å². The molecule has 0 heterocycles. The number of benzene rings is 2. The summed E-state index contributed by atoms with van der Waals surface area (Å²) in [4.78, 5) is 0. The van der Waals surface area contributed by atoms with Crippen LogP contribution < -0.4 is 5.73 Å². The van der Waals surface area contributed by atoms with Gasteiger partial charge in [0, 0.05) is 5.69 Å². The van der Waals surface area contributed by atoms with Crippen LogP contribution in [0.1, 0.15) is 27.8 Å². The molecule has 0 radical (unpaired) electrons. The maximum absolute atomic E-state index is 12.9. The van der Waals surface area contributed by atoms with Gasteiger partial charge in [-0.3, -0.25) is 0 Å². The summed E-state index contributed by atoms with van der Waals surface area (Å²) >= 11 is 0. The zero-order valence-electron chi connectivity index (χ0n) is 12.0. The van der Waals surface area contributed by atoms with Crippen molar-refractivity contribution in [1.82, 2.24) is 0 Å². The fraction of sp³-hybridized carbons (Fsp3) is 0.250.